The van der Waals surface area contributed by atoms with Crippen LogP contribution in [0, 0.1) is 0 Å². The second-order valence-corrected chi connectivity index (χ2v) is 3.11. The first kappa shape index (κ1) is 12.0. The molecule has 0 aromatic carbocycles. The van der Waals surface area contributed by atoms with E-state index in [-0.39, 0.29) is 0 Å². The predicted octanol–water partition coefficient (Wildman–Crippen LogP) is 1.53. The summed E-state index contributed by atoms with van der Waals surface area (Å²) >= 11 is 0. The molecule has 0 fully saturated rings. The molecule has 0 rings (SSSR count). The van der Waals surface area contributed by atoms with Crippen molar-refractivity contribution in [2.45, 2.75) is 39.4 Å². The Morgan fingerprint density at radius 2 is 1.83 bits per heavy atom. The van der Waals surface area contributed by atoms with Gasteiger partial charge in [-0.05, 0) is 32.5 Å². The maximum Gasteiger partial charge on any atom is 0.287 e. The van der Waals surface area contributed by atoms with Crippen molar-refractivity contribution >= 4 is 7.48 Å². The average Bonchev–Trinajstić information content (AvgIpc) is 2.11. The highest BCUT2D eigenvalue weighted by molar-refractivity contribution is 6.25. The molecule has 71 valence electrons. The average molecular weight is 170 g/mol. The Morgan fingerprint density at radius 3 is 2.33 bits per heavy atom. The molecule has 0 heterocycles. The molecule has 0 atom stereocenters. The van der Waals surface area contributed by atoms with Gasteiger partial charge in [-0.25, -0.2) is 0 Å². The molecule has 1 radical (unpaired) electrons. The molecule has 0 saturated heterocycles. The minimum Gasteiger partial charge on any atom is -0.454 e. The van der Waals surface area contributed by atoms with Gasteiger partial charge in [-0.2, -0.15) is 0 Å². The summed E-state index contributed by atoms with van der Waals surface area (Å²) in [5, 5.41) is 8.48. The van der Waals surface area contributed by atoms with Crippen LogP contribution in [0.2, 0.25) is 6.32 Å². The van der Waals surface area contributed by atoms with Gasteiger partial charge in [0.1, 0.15) is 0 Å². The summed E-state index contributed by atoms with van der Waals surface area (Å²) in [5.41, 5.74) is 0. The van der Waals surface area contributed by atoms with E-state index in [0.717, 1.165) is 25.8 Å². The van der Waals surface area contributed by atoms with Crippen LogP contribution in [0.5, 0.6) is 0 Å². The smallest absolute Gasteiger partial charge is 0.287 e. The zero-order valence-corrected chi connectivity index (χ0v) is 8.42. The minimum atomic E-state index is 0.822. The van der Waals surface area contributed by atoms with Crippen LogP contribution in [-0.4, -0.2) is 37.0 Å². The highest BCUT2D eigenvalue weighted by Gasteiger charge is 2.00. The fraction of sp³-hybridized carbons (Fsp3) is 1.00. The minimum absolute atomic E-state index is 0.822. The first-order chi connectivity index (χ1) is 5.85. The SMILES string of the molecule is CCCCN(CC)CCC[B]O. The van der Waals surface area contributed by atoms with Gasteiger partial charge in [-0.3, -0.25) is 0 Å². The fourth-order valence-corrected chi connectivity index (χ4v) is 1.22. The molecule has 0 aromatic heterocycles. The van der Waals surface area contributed by atoms with Crippen molar-refractivity contribution in [3.63, 3.8) is 0 Å². The van der Waals surface area contributed by atoms with E-state index in [1.165, 1.54) is 26.9 Å². The summed E-state index contributed by atoms with van der Waals surface area (Å²) in [6.07, 6.45) is 4.45. The molecule has 0 amide bonds. The third-order valence-electron chi connectivity index (χ3n) is 2.08. The highest BCUT2D eigenvalue weighted by atomic mass is 16.2. The summed E-state index contributed by atoms with van der Waals surface area (Å²) in [4.78, 5) is 2.44. The quantitative estimate of drug-likeness (QED) is 0.441. The summed E-state index contributed by atoms with van der Waals surface area (Å²) in [7, 11) is 1.26. The molecule has 2 nitrogen and oxygen atoms in total. The number of rotatable bonds is 8. The second kappa shape index (κ2) is 9.08. The summed E-state index contributed by atoms with van der Waals surface area (Å²) in [6.45, 7) is 7.87. The highest BCUT2D eigenvalue weighted by Crippen LogP contribution is 1.98. The molecule has 0 spiro atoms. The number of unbranched alkanes of at least 4 members (excludes halogenated alkanes) is 1. The monoisotopic (exact) mass is 170 g/mol. The lowest BCUT2D eigenvalue weighted by atomic mass is 9.94. The van der Waals surface area contributed by atoms with Crippen molar-refractivity contribution in [1.82, 2.24) is 4.90 Å². The van der Waals surface area contributed by atoms with Crippen molar-refractivity contribution in [2.75, 3.05) is 19.6 Å². The molecule has 0 aliphatic heterocycles. The third kappa shape index (κ3) is 6.68. The van der Waals surface area contributed by atoms with Crippen LogP contribution in [0.4, 0.5) is 0 Å². The van der Waals surface area contributed by atoms with E-state index < -0.39 is 0 Å². The van der Waals surface area contributed by atoms with Crippen molar-refractivity contribution in [3.8, 4) is 0 Å². The van der Waals surface area contributed by atoms with Gasteiger partial charge in [-0.1, -0.05) is 26.6 Å². The Morgan fingerprint density at radius 1 is 1.17 bits per heavy atom. The molecule has 0 aliphatic carbocycles. The van der Waals surface area contributed by atoms with Crippen LogP contribution >= 0.6 is 0 Å². The normalized spacial score (nSPS) is 10.7. The molecule has 0 saturated carbocycles. The first-order valence-electron chi connectivity index (χ1n) is 5.03. The van der Waals surface area contributed by atoms with Crippen LogP contribution in [0.3, 0.4) is 0 Å². The Labute approximate surface area is 77.2 Å². The molecule has 12 heavy (non-hydrogen) atoms. The summed E-state index contributed by atoms with van der Waals surface area (Å²) < 4.78 is 0. The molecule has 0 bridgehead atoms. The van der Waals surface area contributed by atoms with E-state index in [1.54, 1.807) is 0 Å². The van der Waals surface area contributed by atoms with E-state index >= 15 is 0 Å². The summed E-state index contributed by atoms with van der Waals surface area (Å²) in [6, 6.07) is 0. The zero-order valence-electron chi connectivity index (χ0n) is 8.42. The van der Waals surface area contributed by atoms with Crippen LogP contribution in [-0.2, 0) is 0 Å². The molecule has 0 aliphatic rings. The lowest BCUT2D eigenvalue weighted by Crippen LogP contribution is -2.25. The molecule has 0 aromatic rings. The van der Waals surface area contributed by atoms with E-state index in [4.69, 9.17) is 5.02 Å². The van der Waals surface area contributed by atoms with Gasteiger partial charge in [-0.15, -0.1) is 0 Å². The van der Waals surface area contributed by atoms with Crippen molar-refractivity contribution in [1.29, 1.82) is 0 Å². The topological polar surface area (TPSA) is 23.5 Å². The van der Waals surface area contributed by atoms with Crippen LogP contribution in [0.1, 0.15) is 33.1 Å². The van der Waals surface area contributed by atoms with Crippen LogP contribution < -0.4 is 0 Å². The Balaban J connectivity index is 3.26. The maximum atomic E-state index is 8.48. The van der Waals surface area contributed by atoms with Crippen molar-refractivity contribution in [3.05, 3.63) is 0 Å². The third-order valence-corrected chi connectivity index (χ3v) is 2.08. The van der Waals surface area contributed by atoms with Gasteiger partial charge in [0.15, 0.2) is 0 Å². The Hall–Kier alpha value is -0.0151. The summed E-state index contributed by atoms with van der Waals surface area (Å²) in [5.74, 6) is 0. The standard InChI is InChI=1S/C9H21BNO/c1-3-5-8-11(4-2)9-6-7-10-12/h12H,3-9H2,1-2H3. The number of hydrogen-bond donors (Lipinski definition) is 1. The van der Waals surface area contributed by atoms with E-state index in [1.807, 2.05) is 0 Å². The fourth-order valence-electron chi connectivity index (χ4n) is 1.22. The zero-order chi connectivity index (χ0) is 9.23. The molecule has 3 heteroatoms. The predicted molar refractivity (Wildman–Crippen MR) is 54.4 cm³/mol. The molecular weight excluding hydrogens is 149 g/mol. The lowest BCUT2D eigenvalue weighted by Gasteiger charge is -2.19. The molecule has 0 unspecified atom stereocenters. The van der Waals surface area contributed by atoms with Crippen LogP contribution in [0.15, 0.2) is 0 Å². The Bertz CT molecular complexity index is 90.6. The lowest BCUT2D eigenvalue weighted by molar-refractivity contribution is 0.283. The first-order valence-corrected chi connectivity index (χ1v) is 5.03. The molecule has 1 N–H and O–H groups in total. The van der Waals surface area contributed by atoms with E-state index in [9.17, 15) is 0 Å². The van der Waals surface area contributed by atoms with Gasteiger partial charge in [0.05, 0.1) is 0 Å². The van der Waals surface area contributed by atoms with Gasteiger partial charge in [0.2, 0.25) is 0 Å². The van der Waals surface area contributed by atoms with Gasteiger partial charge >= 0.3 is 0 Å². The Kier molecular flexibility index (Phi) is 9.06. The van der Waals surface area contributed by atoms with Crippen LogP contribution in [0.25, 0.3) is 0 Å². The second-order valence-electron chi connectivity index (χ2n) is 3.11. The van der Waals surface area contributed by atoms with Crippen molar-refractivity contribution < 1.29 is 5.02 Å². The van der Waals surface area contributed by atoms with Gasteiger partial charge in [0.25, 0.3) is 7.48 Å². The van der Waals surface area contributed by atoms with Gasteiger partial charge < -0.3 is 9.92 Å². The van der Waals surface area contributed by atoms with E-state index in [0.29, 0.717) is 0 Å². The largest absolute Gasteiger partial charge is 0.454 e. The van der Waals surface area contributed by atoms with Crippen molar-refractivity contribution in [2.24, 2.45) is 0 Å². The number of nitrogens with zero attached hydrogens (tertiary/aromatic N) is 1. The van der Waals surface area contributed by atoms with E-state index in [2.05, 4.69) is 18.7 Å². The molecular formula is C9H21BNO. The maximum absolute atomic E-state index is 8.48. The van der Waals surface area contributed by atoms with Gasteiger partial charge in [0, 0.05) is 0 Å². The number of hydrogen-bond acceptors (Lipinski definition) is 2.